The summed E-state index contributed by atoms with van der Waals surface area (Å²) in [5.41, 5.74) is 1.49. The Labute approximate surface area is 92.9 Å². The van der Waals surface area contributed by atoms with E-state index in [2.05, 4.69) is 49.5 Å². The largest absolute Gasteiger partial charge is 0.313 e. The second-order valence-electron chi connectivity index (χ2n) is 4.67. The summed E-state index contributed by atoms with van der Waals surface area (Å²) < 4.78 is 0. The van der Waals surface area contributed by atoms with Gasteiger partial charge in [0.15, 0.2) is 0 Å². The van der Waals surface area contributed by atoms with Gasteiger partial charge in [-0.05, 0) is 36.8 Å². The molecule has 0 saturated carbocycles. The first-order valence-electron chi connectivity index (χ1n) is 6.11. The Hall–Kier alpha value is -0.820. The lowest BCUT2D eigenvalue weighted by Gasteiger charge is -2.26. The zero-order valence-electron chi connectivity index (χ0n) is 9.74. The van der Waals surface area contributed by atoms with Crippen LogP contribution < -0.4 is 5.32 Å². The first kappa shape index (κ1) is 10.7. The fourth-order valence-corrected chi connectivity index (χ4v) is 2.79. The van der Waals surface area contributed by atoms with Crippen molar-refractivity contribution in [3.8, 4) is 0 Å². The predicted octanol–water partition coefficient (Wildman–Crippen LogP) is 3.18. The van der Waals surface area contributed by atoms with Crippen LogP contribution in [0.25, 0.3) is 0 Å². The van der Waals surface area contributed by atoms with Crippen LogP contribution in [0.5, 0.6) is 0 Å². The maximum absolute atomic E-state index is 3.66. The lowest BCUT2D eigenvalue weighted by molar-refractivity contribution is 0.397. The Balaban J connectivity index is 2.17. The molecule has 1 aliphatic heterocycles. The van der Waals surface area contributed by atoms with Crippen LogP contribution in [-0.2, 0) is 0 Å². The van der Waals surface area contributed by atoms with Crippen LogP contribution in [0.2, 0.25) is 0 Å². The zero-order chi connectivity index (χ0) is 10.7. The molecule has 0 aromatic heterocycles. The summed E-state index contributed by atoms with van der Waals surface area (Å²) >= 11 is 0. The van der Waals surface area contributed by atoms with Crippen molar-refractivity contribution >= 4 is 0 Å². The average Bonchev–Trinajstić information content (AvgIpc) is 2.68. The van der Waals surface area contributed by atoms with Gasteiger partial charge in [-0.3, -0.25) is 0 Å². The molecule has 1 heteroatoms. The van der Waals surface area contributed by atoms with Gasteiger partial charge in [0.1, 0.15) is 0 Å². The van der Waals surface area contributed by atoms with Crippen molar-refractivity contribution in [3.05, 3.63) is 35.9 Å². The van der Waals surface area contributed by atoms with E-state index >= 15 is 0 Å². The first-order valence-corrected chi connectivity index (χ1v) is 6.11. The number of hydrogen-bond donors (Lipinski definition) is 1. The van der Waals surface area contributed by atoms with E-state index in [4.69, 9.17) is 0 Å². The van der Waals surface area contributed by atoms with Crippen molar-refractivity contribution in [2.24, 2.45) is 5.92 Å². The van der Waals surface area contributed by atoms with E-state index in [9.17, 15) is 0 Å². The van der Waals surface area contributed by atoms with Crippen molar-refractivity contribution in [1.82, 2.24) is 5.32 Å². The topological polar surface area (TPSA) is 12.0 Å². The van der Waals surface area contributed by atoms with Gasteiger partial charge >= 0.3 is 0 Å². The van der Waals surface area contributed by atoms with Crippen LogP contribution in [0.1, 0.15) is 38.2 Å². The molecular weight excluding hydrogens is 182 g/mol. The van der Waals surface area contributed by atoms with Crippen molar-refractivity contribution in [2.75, 3.05) is 6.54 Å². The molecule has 2 rings (SSSR count). The van der Waals surface area contributed by atoms with Crippen molar-refractivity contribution in [2.45, 2.75) is 38.6 Å². The molecule has 1 nitrogen and oxygen atoms in total. The molecule has 0 radical (unpaired) electrons. The van der Waals surface area contributed by atoms with Crippen LogP contribution >= 0.6 is 0 Å². The van der Waals surface area contributed by atoms with Crippen molar-refractivity contribution in [1.29, 1.82) is 0 Å². The lowest BCUT2D eigenvalue weighted by atomic mass is 9.84. The zero-order valence-corrected chi connectivity index (χ0v) is 9.74. The summed E-state index contributed by atoms with van der Waals surface area (Å²) in [4.78, 5) is 0. The van der Waals surface area contributed by atoms with E-state index in [0.717, 1.165) is 5.92 Å². The van der Waals surface area contributed by atoms with Gasteiger partial charge in [-0.25, -0.2) is 0 Å². The van der Waals surface area contributed by atoms with Gasteiger partial charge < -0.3 is 5.32 Å². The average molecular weight is 203 g/mol. The van der Waals surface area contributed by atoms with Gasteiger partial charge in [0.05, 0.1) is 0 Å². The Morgan fingerprint density at radius 3 is 2.60 bits per heavy atom. The summed E-state index contributed by atoms with van der Waals surface area (Å²) in [6.45, 7) is 5.86. The highest BCUT2D eigenvalue weighted by molar-refractivity contribution is 5.22. The second kappa shape index (κ2) is 4.80. The number of rotatable bonds is 3. The van der Waals surface area contributed by atoms with Gasteiger partial charge in [-0.15, -0.1) is 0 Å². The minimum absolute atomic E-state index is 0.678. The smallest absolute Gasteiger partial charge is 0.0162 e. The minimum Gasteiger partial charge on any atom is -0.313 e. The van der Waals surface area contributed by atoms with Crippen LogP contribution in [-0.4, -0.2) is 12.6 Å². The third kappa shape index (κ3) is 2.23. The Kier molecular flexibility index (Phi) is 3.42. The molecule has 82 valence electrons. The normalized spacial score (nSPS) is 27.9. The molecule has 1 aromatic rings. The SMILES string of the molecule is CCC(c1ccccc1)C1NCCC1C. The van der Waals surface area contributed by atoms with E-state index < -0.39 is 0 Å². The van der Waals surface area contributed by atoms with Gasteiger partial charge in [-0.2, -0.15) is 0 Å². The van der Waals surface area contributed by atoms with Gasteiger partial charge in [0, 0.05) is 6.04 Å². The first-order chi connectivity index (χ1) is 7.33. The molecule has 3 atom stereocenters. The highest BCUT2D eigenvalue weighted by atomic mass is 15.0. The van der Waals surface area contributed by atoms with Crippen LogP contribution in [0.3, 0.4) is 0 Å². The molecule has 0 bridgehead atoms. The molecule has 1 aliphatic rings. The molecule has 1 heterocycles. The molecule has 1 N–H and O–H groups in total. The Bertz CT molecular complexity index is 293. The highest BCUT2D eigenvalue weighted by Crippen LogP contribution is 2.31. The van der Waals surface area contributed by atoms with Gasteiger partial charge in [0.25, 0.3) is 0 Å². The summed E-state index contributed by atoms with van der Waals surface area (Å²) in [7, 11) is 0. The van der Waals surface area contributed by atoms with Crippen molar-refractivity contribution in [3.63, 3.8) is 0 Å². The quantitative estimate of drug-likeness (QED) is 0.795. The molecule has 3 unspecified atom stereocenters. The van der Waals surface area contributed by atoms with Crippen molar-refractivity contribution < 1.29 is 0 Å². The third-order valence-corrected chi connectivity index (χ3v) is 3.69. The Morgan fingerprint density at radius 1 is 1.33 bits per heavy atom. The number of nitrogens with one attached hydrogen (secondary N) is 1. The molecule has 1 aromatic carbocycles. The van der Waals surface area contributed by atoms with Crippen LogP contribution in [0.4, 0.5) is 0 Å². The minimum atomic E-state index is 0.678. The second-order valence-corrected chi connectivity index (χ2v) is 4.67. The predicted molar refractivity (Wildman–Crippen MR) is 65.0 cm³/mol. The van der Waals surface area contributed by atoms with E-state index in [1.54, 1.807) is 0 Å². The van der Waals surface area contributed by atoms with E-state index in [-0.39, 0.29) is 0 Å². The van der Waals surface area contributed by atoms with E-state index in [1.807, 2.05) is 0 Å². The molecule has 0 aliphatic carbocycles. The molecular formula is C14H21N. The van der Waals surface area contributed by atoms with Gasteiger partial charge in [-0.1, -0.05) is 44.2 Å². The molecule has 1 fully saturated rings. The summed E-state index contributed by atoms with van der Waals surface area (Å²) in [5, 5.41) is 3.66. The third-order valence-electron chi connectivity index (χ3n) is 3.69. The molecule has 1 saturated heterocycles. The highest BCUT2D eigenvalue weighted by Gasteiger charge is 2.30. The summed E-state index contributed by atoms with van der Waals surface area (Å²) in [5.74, 6) is 1.50. The number of hydrogen-bond acceptors (Lipinski definition) is 1. The van der Waals surface area contributed by atoms with Gasteiger partial charge in [0.2, 0.25) is 0 Å². The standard InChI is InChI=1S/C14H21N/c1-3-13(12-7-5-4-6-8-12)14-11(2)9-10-15-14/h4-8,11,13-15H,3,9-10H2,1-2H3. The summed E-state index contributed by atoms with van der Waals surface area (Å²) in [6.07, 6.45) is 2.56. The fraction of sp³-hybridized carbons (Fsp3) is 0.571. The maximum atomic E-state index is 3.66. The fourth-order valence-electron chi connectivity index (χ4n) is 2.79. The van der Waals surface area contributed by atoms with E-state index in [0.29, 0.717) is 12.0 Å². The summed E-state index contributed by atoms with van der Waals surface area (Å²) in [6, 6.07) is 11.6. The number of benzene rings is 1. The Morgan fingerprint density at radius 2 is 2.07 bits per heavy atom. The molecule has 0 amide bonds. The van der Waals surface area contributed by atoms with Crippen LogP contribution in [0, 0.1) is 5.92 Å². The molecule has 15 heavy (non-hydrogen) atoms. The monoisotopic (exact) mass is 203 g/mol. The molecule has 0 spiro atoms. The van der Waals surface area contributed by atoms with Crippen LogP contribution in [0.15, 0.2) is 30.3 Å². The maximum Gasteiger partial charge on any atom is 0.0162 e. The van der Waals surface area contributed by atoms with E-state index in [1.165, 1.54) is 24.9 Å². The lowest BCUT2D eigenvalue weighted by Crippen LogP contribution is -2.32.